The molecular weight excluding hydrogens is 332 g/mol. The number of ether oxygens (including phenoxy) is 1. The first-order valence-corrected chi connectivity index (χ1v) is 8.71. The number of benzene rings is 1. The number of halogens is 4. The summed E-state index contributed by atoms with van der Waals surface area (Å²) < 4.78 is 59.5. The standard InChI is InChI=1S/C20H22F4O/c1-2-3-13-4-6-14(7-5-13)8-9-15-10-11-16(17-12-25-17)19(21)18(15)20(22,23)24/h2-4,6,10-11,13-14,17H,5,7-9,12H2,1H3/b3-2+. The van der Waals surface area contributed by atoms with Crippen LogP contribution in [0.4, 0.5) is 17.6 Å². The van der Waals surface area contributed by atoms with Gasteiger partial charge in [0.05, 0.1) is 12.2 Å². The van der Waals surface area contributed by atoms with E-state index in [1.165, 1.54) is 12.1 Å². The van der Waals surface area contributed by atoms with E-state index in [1.807, 2.05) is 13.0 Å². The highest BCUT2D eigenvalue weighted by Crippen LogP contribution is 2.41. The zero-order valence-electron chi connectivity index (χ0n) is 14.2. The van der Waals surface area contributed by atoms with Crippen molar-refractivity contribution in [1.29, 1.82) is 0 Å². The van der Waals surface area contributed by atoms with E-state index in [9.17, 15) is 17.6 Å². The van der Waals surface area contributed by atoms with Crippen molar-refractivity contribution < 1.29 is 22.3 Å². The van der Waals surface area contributed by atoms with Crippen LogP contribution in [-0.2, 0) is 17.3 Å². The lowest BCUT2D eigenvalue weighted by molar-refractivity contribution is -0.140. The molecule has 25 heavy (non-hydrogen) atoms. The molecule has 3 rings (SSSR count). The van der Waals surface area contributed by atoms with Crippen LogP contribution < -0.4 is 0 Å². The van der Waals surface area contributed by atoms with Crippen molar-refractivity contribution in [2.45, 2.75) is 44.9 Å². The Bertz CT molecular complexity index is 671. The predicted molar refractivity (Wildman–Crippen MR) is 88.6 cm³/mol. The molecule has 0 amide bonds. The summed E-state index contributed by atoms with van der Waals surface area (Å²) in [5, 5.41) is 0. The first-order chi connectivity index (χ1) is 11.9. The van der Waals surface area contributed by atoms with Crippen LogP contribution in [0, 0.1) is 17.7 Å². The molecule has 0 spiro atoms. The third kappa shape index (κ3) is 4.32. The fourth-order valence-corrected chi connectivity index (χ4v) is 3.51. The van der Waals surface area contributed by atoms with Crippen molar-refractivity contribution in [3.63, 3.8) is 0 Å². The summed E-state index contributed by atoms with van der Waals surface area (Å²) >= 11 is 0. The summed E-state index contributed by atoms with van der Waals surface area (Å²) in [4.78, 5) is 0. The maximum absolute atomic E-state index is 14.4. The van der Waals surface area contributed by atoms with Crippen LogP contribution in [0.1, 0.15) is 49.0 Å². The molecule has 1 saturated heterocycles. The highest BCUT2D eigenvalue weighted by atomic mass is 19.4. The lowest BCUT2D eigenvalue weighted by Gasteiger charge is -2.22. The van der Waals surface area contributed by atoms with Gasteiger partial charge in [-0.2, -0.15) is 13.2 Å². The van der Waals surface area contributed by atoms with E-state index < -0.39 is 23.7 Å². The third-order valence-electron chi connectivity index (χ3n) is 4.95. The van der Waals surface area contributed by atoms with Crippen molar-refractivity contribution in [2.75, 3.05) is 6.61 Å². The van der Waals surface area contributed by atoms with Gasteiger partial charge >= 0.3 is 6.18 Å². The number of rotatable bonds is 5. The number of hydrogen-bond donors (Lipinski definition) is 0. The van der Waals surface area contributed by atoms with Gasteiger partial charge in [-0.05, 0) is 50.0 Å². The van der Waals surface area contributed by atoms with Gasteiger partial charge in [-0.15, -0.1) is 0 Å². The Morgan fingerprint density at radius 1 is 1.20 bits per heavy atom. The molecule has 3 atom stereocenters. The predicted octanol–water partition coefficient (Wildman–Crippen LogP) is 6.01. The van der Waals surface area contributed by atoms with Gasteiger partial charge in [0.1, 0.15) is 11.9 Å². The van der Waals surface area contributed by atoms with Crippen LogP contribution in [0.25, 0.3) is 0 Å². The SMILES string of the molecule is C/C=C/C1C=CC(CCc2ccc(C3CO3)c(F)c2C(F)(F)F)CC1. The molecule has 1 aliphatic carbocycles. The van der Waals surface area contributed by atoms with Gasteiger partial charge in [0.2, 0.25) is 0 Å². The Hall–Kier alpha value is -1.62. The number of allylic oxidation sites excluding steroid dienone is 4. The second kappa shape index (κ2) is 7.32. The van der Waals surface area contributed by atoms with E-state index in [0.717, 1.165) is 12.8 Å². The minimum absolute atomic E-state index is 0.0165. The monoisotopic (exact) mass is 354 g/mol. The fourth-order valence-electron chi connectivity index (χ4n) is 3.51. The van der Waals surface area contributed by atoms with Crippen LogP contribution in [0.5, 0.6) is 0 Å². The molecule has 3 unspecified atom stereocenters. The first kappa shape index (κ1) is 18.2. The van der Waals surface area contributed by atoms with E-state index >= 15 is 0 Å². The Morgan fingerprint density at radius 2 is 1.96 bits per heavy atom. The quantitative estimate of drug-likeness (QED) is 0.358. The maximum atomic E-state index is 14.4. The molecule has 0 saturated carbocycles. The maximum Gasteiger partial charge on any atom is 0.419 e. The average molecular weight is 354 g/mol. The summed E-state index contributed by atoms with van der Waals surface area (Å²) in [5.74, 6) is -0.501. The van der Waals surface area contributed by atoms with E-state index in [0.29, 0.717) is 12.3 Å². The van der Waals surface area contributed by atoms with Crippen molar-refractivity contribution in [3.8, 4) is 0 Å². The third-order valence-corrected chi connectivity index (χ3v) is 4.95. The van der Waals surface area contributed by atoms with Crippen LogP contribution >= 0.6 is 0 Å². The van der Waals surface area contributed by atoms with Crippen molar-refractivity contribution in [3.05, 3.63) is 58.9 Å². The van der Waals surface area contributed by atoms with Crippen LogP contribution in [0.2, 0.25) is 0 Å². The van der Waals surface area contributed by atoms with E-state index in [4.69, 9.17) is 4.74 Å². The van der Waals surface area contributed by atoms with Crippen molar-refractivity contribution >= 4 is 0 Å². The van der Waals surface area contributed by atoms with Crippen LogP contribution in [0.15, 0.2) is 36.4 Å². The van der Waals surface area contributed by atoms with Gasteiger partial charge in [-0.25, -0.2) is 4.39 Å². The summed E-state index contributed by atoms with van der Waals surface area (Å²) in [6.07, 6.45) is 5.90. The minimum Gasteiger partial charge on any atom is -0.368 e. The van der Waals surface area contributed by atoms with Gasteiger partial charge in [0.25, 0.3) is 0 Å². The lowest BCUT2D eigenvalue weighted by atomic mass is 9.84. The molecule has 1 heterocycles. The Kier molecular flexibility index (Phi) is 5.32. The number of epoxide rings is 1. The zero-order valence-corrected chi connectivity index (χ0v) is 14.2. The average Bonchev–Trinajstić information content (AvgIpc) is 3.38. The van der Waals surface area contributed by atoms with Gasteiger partial charge in [-0.1, -0.05) is 36.4 Å². The molecule has 1 aromatic rings. The van der Waals surface area contributed by atoms with Crippen LogP contribution in [0.3, 0.4) is 0 Å². The molecule has 0 N–H and O–H groups in total. The number of alkyl halides is 3. The highest BCUT2D eigenvalue weighted by Gasteiger charge is 2.40. The smallest absolute Gasteiger partial charge is 0.368 e. The number of aryl methyl sites for hydroxylation is 1. The summed E-state index contributed by atoms with van der Waals surface area (Å²) in [6, 6.07) is 2.86. The Morgan fingerprint density at radius 3 is 2.52 bits per heavy atom. The fraction of sp³-hybridized carbons (Fsp3) is 0.500. The first-order valence-electron chi connectivity index (χ1n) is 8.71. The molecule has 1 nitrogen and oxygen atoms in total. The normalized spacial score (nSPS) is 26.4. The largest absolute Gasteiger partial charge is 0.419 e. The minimum atomic E-state index is -4.69. The van der Waals surface area contributed by atoms with Gasteiger partial charge in [-0.3, -0.25) is 0 Å². The summed E-state index contributed by atoms with van der Waals surface area (Å²) in [5.41, 5.74) is -1.06. The highest BCUT2D eigenvalue weighted by molar-refractivity contribution is 5.38. The van der Waals surface area contributed by atoms with Crippen molar-refractivity contribution in [2.24, 2.45) is 11.8 Å². The molecule has 0 aromatic heterocycles. The lowest BCUT2D eigenvalue weighted by Crippen LogP contribution is -2.15. The number of hydrogen-bond acceptors (Lipinski definition) is 1. The Balaban J connectivity index is 1.74. The molecule has 136 valence electrons. The Labute approximate surface area is 145 Å². The van der Waals surface area contributed by atoms with Gasteiger partial charge in [0.15, 0.2) is 0 Å². The topological polar surface area (TPSA) is 12.5 Å². The molecule has 1 aliphatic heterocycles. The second-order valence-electron chi connectivity index (χ2n) is 6.77. The molecular formula is C20H22F4O. The summed E-state index contributed by atoms with van der Waals surface area (Å²) in [7, 11) is 0. The molecule has 0 bridgehead atoms. The van der Waals surface area contributed by atoms with Gasteiger partial charge < -0.3 is 4.74 Å². The molecule has 0 radical (unpaired) electrons. The molecule has 2 aliphatic rings. The molecule has 5 heteroatoms. The van der Waals surface area contributed by atoms with E-state index in [-0.39, 0.29) is 30.1 Å². The second-order valence-corrected chi connectivity index (χ2v) is 6.77. The van der Waals surface area contributed by atoms with E-state index in [1.54, 1.807) is 0 Å². The van der Waals surface area contributed by atoms with Crippen LogP contribution in [-0.4, -0.2) is 6.61 Å². The molecule has 1 aromatic carbocycles. The molecule has 1 fully saturated rings. The van der Waals surface area contributed by atoms with Crippen molar-refractivity contribution in [1.82, 2.24) is 0 Å². The summed E-state index contributed by atoms with van der Waals surface area (Å²) in [6.45, 7) is 2.26. The van der Waals surface area contributed by atoms with Gasteiger partial charge in [0, 0.05) is 5.56 Å². The zero-order chi connectivity index (χ0) is 18.0. The van der Waals surface area contributed by atoms with E-state index in [2.05, 4.69) is 18.2 Å².